The molecule has 1 aliphatic rings. The third-order valence-corrected chi connectivity index (χ3v) is 7.17. The van der Waals surface area contributed by atoms with Crippen molar-refractivity contribution in [1.29, 1.82) is 0 Å². The van der Waals surface area contributed by atoms with E-state index in [-0.39, 0.29) is 16.9 Å². The first kappa shape index (κ1) is 23.2. The van der Waals surface area contributed by atoms with Gasteiger partial charge in [-0.1, -0.05) is 36.4 Å². The Hall–Kier alpha value is -2.48. The van der Waals surface area contributed by atoms with Gasteiger partial charge >= 0.3 is 0 Å². The topological polar surface area (TPSA) is 75.7 Å². The minimum atomic E-state index is -3.45. The highest BCUT2D eigenvalue weighted by atomic mass is 32.2. The summed E-state index contributed by atoms with van der Waals surface area (Å²) in [5.41, 5.74) is 3.43. The summed E-state index contributed by atoms with van der Waals surface area (Å²) < 4.78 is 31.4. The summed E-state index contributed by atoms with van der Waals surface area (Å²) in [6, 6.07) is 14.9. The number of ether oxygens (including phenoxy) is 1. The van der Waals surface area contributed by atoms with Gasteiger partial charge in [-0.05, 0) is 60.6 Å². The summed E-state index contributed by atoms with van der Waals surface area (Å²) >= 11 is 0. The van der Waals surface area contributed by atoms with Gasteiger partial charge in [-0.25, -0.2) is 12.7 Å². The largest absolute Gasteiger partial charge is 0.373 e. The Labute approximate surface area is 185 Å². The molecule has 0 spiro atoms. The van der Waals surface area contributed by atoms with Gasteiger partial charge < -0.3 is 10.1 Å². The van der Waals surface area contributed by atoms with Gasteiger partial charge in [0.15, 0.2) is 0 Å². The van der Waals surface area contributed by atoms with E-state index >= 15 is 0 Å². The van der Waals surface area contributed by atoms with Crippen molar-refractivity contribution in [2.24, 2.45) is 0 Å². The van der Waals surface area contributed by atoms with Crippen LogP contribution in [0.5, 0.6) is 0 Å². The van der Waals surface area contributed by atoms with Gasteiger partial charge in [-0.15, -0.1) is 0 Å². The van der Waals surface area contributed by atoms with Gasteiger partial charge in [0.05, 0.1) is 11.0 Å². The SMILES string of the molecule is CN(C)S(=O)(=O)c1ccc(/C=C/C(=O)NCCCOC2CCCc3ccccc32)cc1. The van der Waals surface area contributed by atoms with E-state index in [1.165, 1.54) is 47.7 Å². The third-order valence-electron chi connectivity index (χ3n) is 5.34. The maximum Gasteiger partial charge on any atom is 0.244 e. The molecule has 0 radical (unpaired) electrons. The molecule has 7 heteroatoms. The molecule has 166 valence electrons. The summed E-state index contributed by atoms with van der Waals surface area (Å²) in [5.74, 6) is -0.187. The van der Waals surface area contributed by atoms with Gasteiger partial charge in [0.2, 0.25) is 15.9 Å². The predicted molar refractivity (Wildman–Crippen MR) is 122 cm³/mol. The lowest BCUT2D eigenvalue weighted by Crippen LogP contribution is -2.23. The fourth-order valence-electron chi connectivity index (χ4n) is 3.58. The van der Waals surface area contributed by atoms with Crippen LogP contribution in [0.3, 0.4) is 0 Å². The highest BCUT2D eigenvalue weighted by Crippen LogP contribution is 2.32. The second-order valence-electron chi connectivity index (χ2n) is 7.78. The number of carbonyl (C=O) groups excluding carboxylic acids is 1. The van der Waals surface area contributed by atoms with Crippen molar-refractivity contribution in [3.8, 4) is 0 Å². The number of aryl methyl sites for hydroxylation is 1. The summed E-state index contributed by atoms with van der Waals surface area (Å²) in [6.07, 6.45) is 7.32. The van der Waals surface area contributed by atoms with E-state index in [0.717, 1.165) is 31.2 Å². The zero-order valence-electron chi connectivity index (χ0n) is 18.1. The average molecular weight is 443 g/mol. The molecule has 0 aromatic heterocycles. The van der Waals surface area contributed by atoms with Gasteiger partial charge in [0, 0.05) is 33.3 Å². The molecule has 0 saturated carbocycles. The first-order valence-corrected chi connectivity index (χ1v) is 12.0. The van der Waals surface area contributed by atoms with Crippen molar-refractivity contribution in [3.63, 3.8) is 0 Å². The van der Waals surface area contributed by atoms with Crippen LogP contribution in [0.25, 0.3) is 6.08 Å². The number of nitrogens with zero attached hydrogens (tertiary/aromatic N) is 1. The number of benzene rings is 2. The predicted octanol–water partition coefficient (Wildman–Crippen LogP) is 3.55. The molecule has 1 unspecified atom stereocenters. The van der Waals surface area contributed by atoms with Crippen LogP contribution in [0.15, 0.2) is 59.5 Å². The number of rotatable bonds is 9. The van der Waals surface area contributed by atoms with Gasteiger partial charge in [-0.3, -0.25) is 4.79 Å². The maximum absolute atomic E-state index is 12.1. The molecule has 0 aliphatic heterocycles. The van der Waals surface area contributed by atoms with E-state index in [2.05, 4.69) is 29.6 Å². The normalized spacial score (nSPS) is 16.4. The molecule has 6 nitrogen and oxygen atoms in total. The molecule has 1 N–H and O–H groups in total. The summed E-state index contributed by atoms with van der Waals surface area (Å²) in [5, 5.41) is 2.85. The molecule has 2 aromatic rings. The first-order chi connectivity index (χ1) is 14.9. The van der Waals surface area contributed by atoms with Crippen LogP contribution in [0.4, 0.5) is 0 Å². The minimum Gasteiger partial charge on any atom is -0.373 e. The van der Waals surface area contributed by atoms with Crippen molar-refractivity contribution in [2.75, 3.05) is 27.2 Å². The standard InChI is InChI=1S/C24H30N2O4S/c1-26(2)31(28,29)21-14-11-19(12-15-21)13-16-24(27)25-17-6-18-30-23-10-5-8-20-7-3-4-9-22(20)23/h3-4,7,9,11-16,23H,5-6,8,10,17-18H2,1-2H3,(H,25,27)/b16-13+. The Kier molecular flexibility index (Phi) is 8.01. The maximum atomic E-state index is 12.1. The number of sulfonamides is 1. The number of hydrogen-bond acceptors (Lipinski definition) is 4. The van der Waals surface area contributed by atoms with Crippen LogP contribution < -0.4 is 5.32 Å². The number of fused-ring (bicyclic) bond motifs is 1. The van der Waals surface area contributed by atoms with Crippen molar-refractivity contribution in [1.82, 2.24) is 9.62 Å². The molecular formula is C24H30N2O4S. The van der Waals surface area contributed by atoms with Gasteiger partial charge in [-0.2, -0.15) is 0 Å². The molecule has 3 rings (SSSR count). The van der Waals surface area contributed by atoms with Gasteiger partial charge in [0.1, 0.15) is 0 Å². The van der Waals surface area contributed by atoms with Crippen LogP contribution in [-0.4, -0.2) is 45.9 Å². The van der Waals surface area contributed by atoms with Crippen LogP contribution in [0.1, 0.15) is 42.1 Å². The van der Waals surface area contributed by atoms with Crippen LogP contribution in [0, 0.1) is 0 Å². The zero-order chi connectivity index (χ0) is 22.3. The van der Waals surface area contributed by atoms with E-state index in [1.54, 1.807) is 18.2 Å². The van der Waals surface area contributed by atoms with Crippen LogP contribution in [-0.2, 0) is 26.0 Å². The fourth-order valence-corrected chi connectivity index (χ4v) is 4.49. The summed E-state index contributed by atoms with van der Waals surface area (Å²) in [4.78, 5) is 12.2. The lowest BCUT2D eigenvalue weighted by molar-refractivity contribution is -0.116. The first-order valence-electron chi connectivity index (χ1n) is 10.6. The second-order valence-corrected chi connectivity index (χ2v) is 9.94. The monoisotopic (exact) mass is 442 g/mol. The molecule has 31 heavy (non-hydrogen) atoms. The second kappa shape index (κ2) is 10.7. The van der Waals surface area contributed by atoms with Crippen LogP contribution >= 0.6 is 0 Å². The minimum absolute atomic E-state index is 0.153. The number of amides is 1. The zero-order valence-corrected chi connectivity index (χ0v) is 18.9. The molecule has 0 heterocycles. The molecule has 2 aromatic carbocycles. The Bertz CT molecular complexity index is 1010. The lowest BCUT2D eigenvalue weighted by Gasteiger charge is -2.25. The Morgan fingerprint density at radius 1 is 1.16 bits per heavy atom. The van der Waals surface area contributed by atoms with Gasteiger partial charge in [0.25, 0.3) is 0 Å². The average Bonchev–Trinajstić information content (AvgIpc) is 2.77. The van der Waals surface area contributed by atoms with Crippen LogP contribution in [0.2, 0.25) is 0 Å². The molecule has 1 aliphatic carbocycles. The quantitative estimate of drug-likeness (QED) is 0.476. The Balaban J connectivity index is 1.39. The van der Waals surface area contributed by atoms with E-state index in [1.807, 2.05) is 0 Å². The Morgan fingerprint density at radius 3 is 2.65 bits per heavy atom. The highest BCUT2D eigenvalue weighted by molar-refractivity contribution is 7.89. The highest BCUT2D eigenvalue weighted by Gasteiger charge is 2.20. The van der Waals surface area contributed by atoms with Crippen molar-refractivity contribution >= 4 is 22.0 Å². The smallest absolute Gasteiger partial charge is 0.244 e. The van der Waals surface area contributed by atoms with Crippen molar-refractivity contribution in [3.05, 3.63) is 71.3 Å². The third kappa shape index (κ3) is 6.26. The number of nitrogens with one attached hydrogen (secondary N) is 1. The summed E-state index contributed by atoms with van der Waals surface area (Å²) in [6.45, 7) is 1.14. The molecular weight excluding hydrogens is 412 g/mol. The van der Waals surface area contributed by atoms with E-state index in [0.29, 0.717) is 13.2 Å². The molecule has 0 fully saturated rings. The van der Waals surface area contributed by atoms with Crippen molar-refractivity contribution < 1.29 is 17.9 Å². The van der Waals surface area contributed by atoms with Crippen molar-refractivity contribution in [2.45, 2.75) is 36.7 Å². The molecule has 0 saturated heterocycles. The Morgan fingerprint density at radius 2 is 1.90 bits per heavy atom. The number of carbonyl (C=O) groups is 1. The lowest BCUT2D eigenvalue weighted by atomic mass is 9.89. The van der Waals surface area contributed by atoms with E-state index in [4.69, 9.17) is 4.74 Å². The molecule has 1 amide bonds. The van der Waals surface area contributed by atoms with E-state index in [9.17, 15) is 13.2 Å². The van der Waals surface area contributed by atoms with E-state index < -0.39 is 10.0 Å². The number of hydrogen-bond donors (Lipinski definition) is 1. The summed E-state index contributed by atoms with van der Waals surface area (Å²) in [7, 11) is -0.464. The fraction of sp³-hybridized carbons (Fsp3) is 0.375. The molecule has 0 bridgehead atoms. The molecule has 1 atom stereocenters.